The van der Waals surface area contributed by atoms with Crippen molar-refractivity contribution in [2.75, 3.05) is 19.8 Å². The van der Waals surface area contributed by atoms with Gasteiger partial charge in [0.1, 0.15) is 0 Å². The molecule has 0 aliphatic rings. The van der Waals surface area contributed by atoms with Crippen LogP contribution in [0.15, 0.2) is 0 Å². The molecule has 0 spiro atoms. The van der Waals surface area contributed by atoms with Crippen molar-refractivity contribution >= 4 is 5.91 Å². The van der Waals surface area contributed by atoms with Crippen LogP contribution in [-0.2, 0) is 4.79 Å². The zero-order chi connectivity index (χ0) is 11.9. The first kappa shape index (κ1) is 14.3. The first-order valence-corrected chi connectivity index (χ1v) is 5.23. The van der Waals surface area contributed by atoms with E-state index in [1.54, 1.807) is 6.92 Å². The Morgan fingerprint density at radius 1 is 1.40 bits per heavy atom. The smallest absolute Gasteiger partial charge is 0.222 e. The summed E-state index contributed by atoms with van der Waals surface area (Å²) >= 11 is 0. The summed E-state index contributed by atoms with van der Waals surface area (Å²) in [6.07, 6.45) is 0.337. The SMILES string of the molecule is CCNC(C)CC(=O)NC(C)(CO)CO. The third-order valence-electron chi connectivity index (χ3n) is 2.18. The van der Waals surface area contributed by atoms with Crippen molar-refractivity contribution in [3.8, 4) is 0 Å². The van der Waals surface area contributed by atoms with Crippen LogP contribution in [0.25, 0.3) is 0 Å². The van der Waals surface area contributed by atoms with Crippen LogP contribution >= 0.6 is 0 Å². The molecule has 0 aromatic carbocycles. The van der Waals surface area contributed by atoms with Gasteiger partial charge < -0.3 is 20.8 Å². The Morgan fingerprint density at radius 3 is 2.33 bits per heavy atom. The number of carbonyl (C=O) groups is 1. The molecular formula is C10H22N2O3. The van der Waals surface area contributed by atoms with E-state index in [1.807, 2.05) is 13.8 Å². The zero-order valence-electron chi connectivity index (χ0n) is 9.71. The topological polar surface area (TPSA) is 81.6 Å². The van der Waals surface area contributed by atoms with Crippen LogP contribution in [0.2, 0.25) is 0 Å². The molecule has 0 saturated carbocycles. The highest BCUT2D eigenvalue weighted by atomic mass is 16.3. The third-order valence-corrected chi connectivity index (χ3v) is 2.18. The van der Waals surface area contributed by atoms with E-state index in [0.717, 1.165) is 6.54 Å². The van der Waals surface area contributed by atoms with Crippen LogP contribution in [-0.4, -0.2) is 47.5 Å². The van der Waals surface area contributed by atoms with Crippen molar-refractivity contribution < 1.29 is 15.0 Å². The summed E-state index contributed by atoms with van der Waals surface area (Å²) in [5, 5.41) is 23.7. The van der Waals surface area contributed by atoms with Gasteiger partial charge in [0, 0.05) is 12.5 Å². The molecule has 0 heterocycles. The van der Waals surface area contributed by atoms with Crippen LogP contribution in [0, 0.1) is 0 Å². The molecule has 4 N–H and O–H groups in total. The van der Waals surface area contributed by atoms with Gasteiger partial charge in [-0.1, -0.05) is 6.92 Å². The van der Waals surface area contributed by atoms with Crippen LogP contribution in [0.4, 0.5) is 0 Å². The Kier molecular flexibility index (Phi) is 6.47. The summed E-state index contributed by atoms with van der Waals surface area (Å²) in [6, 6.07) is 0.0941. The van der Waals surface area contributed by atoms with Gasteiger partial charge in [0.15, 0.2) is 0 Å². The second-order valence-corrected chi connectivity index (χ2v) is 4.09. The maximum absolute atomic E-state index is 11.5. The Morgan fingerprint density at radius 2 is 1.93 bits per heavy atom. The first-order chi connectivity index (χ1) is 6.97. The molecule has 0 aliphatic heterocycles. The predicted octanol–water partition coefficient (Wildman–Crippen LogP) is -0.766. The summed E-state index contributed by atoms with van der Waals surface area (Å²) < 4.78 is 0. The maximum Gasteiger partial charge on any atom is 0.222 e. The lowest BCUT2D eigenvalue weighted by molar-refractivity contribution is -0.124. The van der Waals surface area contributed by atoms with Crippen molar-refractivity contribution in [1.29, 1.82) is 0 Å². The van der Waals surface area contributed by atoms with E-state index in [2.05, 4.69) is 10.6 Å². The molecule has 15 heavy (non-hydrogen) atoms. The highest BCUT2D eigenvalue weighted by Gasteiger charge is 2.24. The second-order valence-electron chi connectivity index (χ2n) is 4.09. The lowest BCUT2D eigenvalue weighted by Gasteiger charge is -2.26. The Labute approximate surface area is 90.9 Å². The summed E-state index contributed by atoms with van der Waals surface area (Å²) in [4.78, 5) is 11.5. The minimum atomic E-state index is -0.928. The normalized spacial score (nSPS) is 13.7. The van der Waals surface area contributed by atoms with Crippen molar-refractivity contribution in [1.82, 2.24) is 10.6 Å². The summed E-state index contributed by atoms with van der Waals surface area (Å²) in [5.41, 5.74) is -0.928. The van der Waals surface area contributed by atoms with Gasteiger partial charge in [-0.2, -0.15) is 0 Å². The van der Waals surface area contributed by atoms with E-state index in [4.69, 9.17) is 10.2 Å². The highest BCUT2D eigenvalue weighted by molar-refractivity contribution is 5.77. The Bertz CT molecular complexity index is 193. The molecule has 90 valence electrons. The Hall–Kier alpha value is -0.650. The number of aliphatic hydroxyl groups is 2. The van der Waals surface area contributed by atoms with Gasteiger partial charge >= 0.3 is 0 Å². The number of hydrogen-bond donors (Lipinski definition) is 4. The average Bonchev–Trinajstić information content (AvgIpc) is 2.17. The monoisotopic (exact) mass is 218 g/mol. The number of carbonyl (C=O) groups excluding carboxylic acids is 1. The fourth-order valence-electron chi connectivity index (χ4n) is 1.22. The van der Waals surface area contributed by atoms with Crippen LogP contribution < -0.4 is 10.6 Å². The number of amides is 1. The lowest BCUT2D eigenvalue weighted by atomic mass is 10.0. The fourth-order valence-corrected chi connectivity index (χ4v) is 1.22. The van der Waals surface area contributed by atoms with E-state index < -0.39 is 5.54 Å². The molecule has 1 amide bonds. The molecule has 0 aromatic heterocycles. The second kappa shape index (κ2) is 6.76. The molecule has 1 atom stereocenters. The van der Waals surface area contributed by atoms with E-state index in [0.29, 0.717) is 6.42 Å². The van der Waals surface area contributed by atoms with Gasteiger partial charge in [-0.25, -0.2) is 0 Å². The van der Waals surface area contributed by atoms with Gasteiger partial charge in [0.2, 0.25) is 5.91 Å². The largest absolute Gasteiger partial charge is 0.394 e. The predicted molar refractivity (Wildman–Crippen MR) is 58.5 cm³/mol. The molecular weight excluding hydrogens is 196 g/mol. The van der Waals surface area contributed by atoms with E-state index >= 15 is 0 Å². The molecule has 0 saturated heterocycles. The molecule has 1 unspecified atom stereocenters. The van der Waals surface area contributed by atoms with Gasteiger partial charge in [-0.3, -0.25) is 4.79 Å². The molecule has 0 aliphatic carbocycles. The van der Waals surface area contributed by atoms with E-state index in [-0.39, 0.29) is 25.2 Å². The molecule has 5 nitrogen and oxygen atoms in total. The molecule has 0 aromatic rings. The van der Waals surface area contributed by atoms with Crippen LogP contribution in [0.1, 0.15) is 27.2 Å². The molecule has 0 fully saturated rings. The fraction of sp³-hybridized carbons (Fsp3) is 0.900. The minimum Gasteiger partial charge on any atom is -0.394 e. The molecule has 0 radical (unpaired) electrons. The summed E-state index contributed by atoms with van der Waals surface area (Å²) in [6.45, 7) is 5.75. The number of nitrogens with one attached hydrogen (secondary N) is 2. The van der Waals surface area contributed by atoms with Gasteiger partial charge in [-0.05, 0) is 20.4 Å². The molecule has 0 bridgehead atoms. The first-order valence-electron chi connectivity index (χ1n) is 5.23. The van der Waals surface area contributed by atoms with Crippen molar-refractivity contribution in [2.45, 2.75) is 38.8 Å². The van der Waals surface area contributed by atoms with Crippen molar-refractivity contribution in [2.24, 2.45) is 0 Å². The van der Waals surface area contributed by atoms with Crippen LogP contribution in [0.5, 0.6) is 0 Å². The van der Waals surface area contributed by atoms with Crippen molar-refractivity contribution in [3.05, 3.63) is 0 Å². The highest BCUT2D eigenvalue weighted by Crippen LogP contribution is 2.02. The maximum atomic E-state index is 11.5. The van der Waals surface area contributed by atoms with Gasteiger partial charge in [-0.15, -0.1) is 0 Å². The van der Waals surface area contributed by atoms with E-state index in [1.165, 1.54) is 0 Å². The minimum absolute atomic E-state index is 0.0941. The molecule has 0 rings (SSSR count). The number of hydrogen-bond acceptors (Lipinski definition) is 4. The standard InChI is InChI=1S/C10H22N2O3/c1-4-11-8(2)5-9(15)12-10(3,6-13)7-14/h8,11,13-14H,4-7H2,1-3H3,(H,12,15). The van der Waals surface area contributed by atoms with Gasteiger partial charge in [0.25, 0.3) is 0 Å². The van der Waals surface area contributed by atoms with Gasteiger partial charge in [0.05, 0.1) is 18.8 Å². The number of aliphatic hydroxyl groups excluding tert-OH is 2. The molecule has 5 heteroatoms. The average molecular weight is 218 g/mol. The zero-order valence-corrected chi connectivity index (χ0v) is 9.71. The summed E-state index contributed by atoms with van der Waals surface area (Å²) in [5.74, 6) is -0.172. The van der Waals surface area contributed by atoms with Crippen LogP contribution in [0.3, 0.4) is 0 Å². The number of rotatable bonds is 7. The third kappa shape index (κ3) is 5.71. The Balaban J connectivity index is 4.02. The van der Waals surface area contributed by atoms with Crippen molar-refractivity contribution in [3.63, 3.8) is 0 Å². The summed E-state index contributed by atoms with van der Waals surface area (Å²) in [7, 11) is 0. The van der Waals surface area contributed by atoms with E-state index in [9.17, 15) is 4.79 Å². The quantitative estimate of drug-likeness (QED) is 0.452. The lowest BCUT2D eigenvalue weighted by Crippen LogP contribution is -2.52.